The van der Waals surface area contributed by atoms with Gasteiger partial charge in [-0.1, -0.05) is 11.8 Å². The number of anilines is 1. The molecule has 1 aromatic rings. The first kappa shape index (κ1) is 27.6. The second-order valence-corrected chi connectivity index (χ2v) is 6.51. The molecule has 0 aromatic carbocycles. The number of carboxylic acids is 2. The predicted molar refractivity (Wildman–Crippen MR) is 106 cm³/mol. The second-order valence-electron chi connectivity index (χ2n) is 5.45. The molecule has 0 unspecified atom stereocenters. The number of guanidine groups is 1. The van der Waals surface area contributed by atoms with Gasteiger partial charge in [0.1, 0.15) is 12.4 Å². The monoisotopic (exact) mass is 466 g/mol. The highest BCUT2D eigenvalue weighted by molar-refractivity contribution is 7.99. The molecule has 0 atom stereocenters. The van der Waals surface area contributed by atoms with Crippen LogP contribution in [0.2, 0.25) is 0 Å². The number of halogens is 3. The molecule has 0 fully saturated rings. The highest BCUT2D eigenvalue weighted by Gasteiger charge is 2.26. The van der Waals surface area contributed by atoms with E-state index < -0.39 is 24.7 Å². The zero-order chi connectivity index (χ0) is 23.9. The maximum Gasteiger partial charge on any atom is 0.408 e. The van der Waals surface area contributed by atoms with Crippen LogP contribution in [0.25, 0.3) is 0 Å². The molecule has 1 rings (SSSR count). The van der Waals surface area contributed by atoms with Gasteiger partial charge in [0.25, 0.3) is 0 Å². The van der Waals surface area contributed by atoms with E-state index in [1.807, 2.05) is 0 Å². The van der Waals surface area contributed by atoms with Gasteiger partial charge in [-0.3, -0.25) is 4.79 Å². The summed E-state index contributed by atoms with van der Waals surface area (Å²) < 4.78 is 36.1. The van der Waals surface area contributed by atoms with E-state index in [-0.39, 0.29) is 17.7 Å². The lowest BCUT2D eigenvalue weighted by Crippen LogP contribution is -2.26. The van der Waals surface area contributed by atoms with Crippen LogP contribution in [-0.2, 0) is 14.4 Å². The molecule has 0 saturated heterocycles. The smallest absolute Gasteiger partial charge is 0.408 e. The fourth-order valence-electron chi connectivity index (χ4n) is 1.53. The summed E-state index contributed by atoms with van der Waals surface area (Å²) in [6.45, 7) is -1.36. The number of carboxylic acid groups (broad SMARTS) is 2. The second kappa shape index (κ2) is 14.6. The Hall–Kier alpha value is -3.36. The summed E-state index contributed by atoms with van der Waals surface area (Å²) in [5.41, 5.74) is 10.4. The number of thioether (sulfide) groups is 1. The van der Waals surface area contributed by atoms with Gasteiger partial charge in [0.2, 0.25) is 5.91 Å². The van der Waals surface area contributed by atoms with E-state index in [1.54, 1.807) is 0 Å². The molecule has 0 radical (unpaired) electrons. The number of nitrogens with one attached hydrogen (secondary N) is 1. The van der Waals surface area contributed by atoms with Crippen molar-refractivity contribution >= 4 is 41.4 Å². The highest BCUT2D eigenvalue weighted by Crippen LogP contribution is 2.17. The SMILES string of the molecule is NC(=O)CCCCSc1nccc(NC(N)=NCC(F)(F)F)n1.O=C(O)C=CC(=O)O. The molecule has 0 spiro atoms. The molecule has 7 N–H and O–H groups in total. The minimum absolute atomic E-state index is 0.253. The Morgan fingerprint density at radius 1 is 1.16 bits per heavy atom. The number of carbonyl (C=O) groups is 3. The largest absolute Gasteiger partial charge is 0.478 e. The van der Waals surface area contributed by atoms with Crippen molar-refractivity contribution < 1.29 is 37.8 Å². The van der Waals surface area contributed by atoms with E-state index in [0.717, 1.165) is 6.42 Å². The van der Waals surface area contributed by atoms with Gasteiger partial charge in [-0.15, -0.1) is 0 Å². The number of hydrogen-bond acceptors (Lipinski definition) is 7. The van der Waals surface area contributed by atoms with Crippen LogP contribution in [0.4, 0.5) is 19.0 Å². The third kappa shape index (κ3) is 18.4. The minimum Gasteiger partial charge on any atom is -0.478 e. The maximum atomic E-state index is 12.0. The number of rotatable bonds is 10. The van der Waals surface area contributed by atoms with E-state index in [1.165, 1.54) is 24.0 Å². The van der Waals surface area contributed by atoms with Crippen molar-refractivity contribution in [3.63, 3.8) is 0 Å². The molecular formula is C16H21F3N6O5S. The Morgan fingerprint density at radius 2 is 1.77 bits per heavy atom. The van der Waals surface area contributed by atoms with Crippen molar-refractivity contribution in [2.24, 2.45) is 16.5 Å². The third-order valence-corrected chi connectivity index (χ3v) is 3.68. The summed E-state index contributed by atoms with van der Waals surface area (Å²) in [7, 11) is 0. The van der Waals surface area contributed by atoms with Crippen molar-refractivity contribution in [3.05, 3.63) is 24.4 Å². The zero-order valence-electron chi connectivity index (χ0n) is 16.0. The van der Waals surface area contributed by atoms with Crippen LogP contribution >= 0.6 is 11.8 Å². The molecule has 0 saturated carbocycles. The zero-order valence-corrected chi connectivity index (χ0v) is 16.8. The number of aromatic nitrogens is 2. The number of alkyl halides is 3. The van der Waals surface area contributed by atoms with Gasteiger partial charge in [0.05, 0.1) is 0 Å². The predicted octanol–water partition coefficient (Wildman–Crippen LogP) is 1.22. The van der Waals surface area contributed by atoms with E-state index in [9.17, 15) is 27.6 Å². The van der Waals surface area contributed by atoms with Gasteiger partial charge in [-0.25, -0.2) is 24.5 Å². The van der Waals surface area contributed by atoms with Gasteiger partial charge in [-0.05, 0) is 18.9 Å². The van der Waals surface area contributed by atoms with Gasteiger partial charge < -0.3 is 27.0 Å². The Labute approximate surface area is 178 Å². The van der Waals surface area contributed by atoms with Gasteiger partial charge in [0.15, 0.2) is 11.1 Å². The van der Waals surface area contributed by atoms with Crippen LogP contribution in [0, 0.1) is 0 Å². The molecule has 0 aliphatic rings. The molecule has 31 heavy (non-hydrogen) atoms. The van der Waals surface area contributed by atoms with Crippen molar-refractivity contribution in [1.82, 2.24) is 9.97 Å². The number of aliphatic imine (C=N–C) groups is 1. The quantitative estimate of drug-likeness (QED) is 0.0835. The Kier molecular flexibility index (Phi) is 13.0. The number of aliphatic carboxylic acids is 2. The molecule has 1 aromatic heterocycles. The summed E-state index contributed by atoms with van der Waals surface area (Å²) in [5, 5.41) is 18.5. The molecule has 1 heterocycles. The first-order valence-electron chi connectivity index (χ1n) is 8.41. The molecule has 0 bridgehead atoms. The third-order valence-electron chi connectivity index (χ3n) is 2.74. The first-order valence-corrected chi connectivity index (χ1v) is 9.39. The average molecular weight is 466 g/mol. The Balaban J connectivity index is 0.000000954. The molecule has 11 nitrogen and oxygen atoms in total. The van der Waals surface area contributed by atoms with Crippen molar-refractivity contribution in [3.8, 4) is 0 Å². The topological polar surface area (TPSA) is 194 Å². The van der Waals surface area contributed by atoms with Gasteiger partial charge in [0, 0.05) is 30.5 Å². The molecule has 1 amide bonds. The fourth-order valence-corrected chi connectivity index (χ4v) is 2.36. The first-order chi connectivity index (χ1) is 14.4. The van der Waals surface area contributed by atoms with E-state index >= 15 is 0 Å². The lowest BCUT2D eigenvalue weighted by Gasteiger charge is -2.07. The minimum atomic E-state index is -4.41. The fraction of sp³-hybridized carbons (Fsp3) is 0.375. The van der Waals surface area contributed by atoms with Crippen LogP contribution in [0.5, 0.6) is 0 Å². The summed E-state index contributed by atoms with van der Waals surface area (Å²) in [6, 6.07) is 1.47. The van der Waals surface area contributed by atoms with Crippen molar-refractivity contribution in [1.29, 1.82) is 0 Å². The molecule has 0 aliphatic heterocycles. The van der Waals surface area contributed by atoms with Crippen molar-refractivity contribution in [2.45, 2.75) is 30.6 Å². The number of amides is 1. The van der Waals surface area contributed by atoms with Gasteiger partial charge in [-0.2, -0.15) is 13.2 Å². The van der Waals surface area contributed by atoms with E-state index in [4.69, 9.17) is 21.7 Å². The van der Waals surface area contributed by atoms with E-state index in [0.29, 0.717) is 35.9 Å². The molecule has 172 valence electrons. The standard InChI is InChI=1S/C12H17F3N6OS.C4H4O4/c13-12(14,15)7-19-10(17)20-9-4-5-18-11(21-9)23-6-2-1-3-8(16)22;5-3(6)1-2-4(7)8/h4-5H,1-3,6-7H2,(H2,16,22)(H3,17,18,19,20,21);1-2H,(H,5,6)(H,7,8). The molecule has 0 aliphatic carbocycles. The lowest BCUT2D eigenvalue weighted by atomic mass is 10.2. The van der Waals surface area contributed by atoms with Crippen LogP contribution in [0.3, 0.4) is 0 Å². The van der Waals surface area contributed by atoms with Crippen LogP contribution in [0.1, 0.15) is 19.3 Å². The summed E-state index contributed by atoms with van der Waals surface area (Å²) in [5.74, 6) is -2.29. The number of hydrogen-bond donors (Lipinski definition) is 5. The lowest BCUT2D eigenvalue weighted by molar-refractivity contribution is -0.134. The van der Waals surface area contributed by atoms with E-state index in [2.05, 4.69) is 20.3 Å². The number of nitrogens with two attached hydrogens (primary N) is 2. The summed E-state index contributed by atoms with van der Waals surface area (Å²) in [6.07, 6.45) is -0.0665. The summed E-state index contributed by atoms with van der Waals surface area (Å²) >= 11 is 1.36. The number of carbonyl (C=O) groups excluding carboxylic acids is 1. The maximum absolute atomic E-state index is 12.0. The average Bonchev–Trinajstić information content (AvgIpc) is 2.64. The Morgan fingerprint density at radius 3 is 2.29 bits per heavy atom. The number of nitrogens with zero attached hydrogens (tertiary/aromatic N) is 3. The molecule has 15 heteroatoms. The molecular weight excluding hydrogens is 445 g/mol. The summed E-state index contributed by atoms with van der Waals surface area (Å²) in [4.78, 5) is 41.0. The number of primary amides is 1. The highest BCUT2D eigenvalue weighted by atomic mass is 32.2. The van der Waals surface area contributed by atoms with Gasteiger partial charge >= 0.3 is 18.1 Å². The number of unbranched alkanes of at least 4 members (excludes halogenated alkanes) is 1. The Bertz CT molecular complexity index is 788. The van der Waals surface area contributed by atoms with Crippen LogP contribution in [-0.4, -0.2) is 62.5 Å². The van der Waals surface area contributed by atoms with Crippen molar-refractivity contribution in [2.75, 3.05) is 17.6 Å². The van der Waals surface area contributed by atoms with Crippen LogP contribution < -0.4 is 16.8 Å². The normalized spacial score (nSPS) is 11.5. The van der Waals surface area contributed by atoms with Crippen LogP contribution in [0.15, 0.2) is 34.6 Å².